The Balaban J connectivity index is 1.35. The minimum absolute atomic E-state index is 0.100. The SMILES string of the molecule is C=CC(=O)N[C@@H]1CCC(C2=CC=CC2)C[C@@H]1Nc1ncc2c(n1)N(Cc1nccs1)C(=O)N(c1c(Cl)c(OC)cc(OC)c1Cl)C2. The predicted octanol–water partition coefficient (Wildman–Crippen LogP) is 6.54. The van der Waals surface area contributed by atoms with E-state index in [9.17, 15) is 9.59 Å². The van der Waals surface area contributed by atoms with Crippen molar-refractivity contribution in [3.8, 4) is 11.5 Å². The topological polar surface area (TPSA) is 122 Å². The molecule has 0 spiro atoms. The summed E-state index contributed by atoms with van der Waals surface area (Å²) in [5.74, 6) is 1.56. The van der Waals surface area contributed by atoms with Crippen LogP contribution < -0.4 is 29.9 Å². The molecule has 3 amide bonds. The molecule has 11 nitrogen and oxygen atoms in total. The summed E-state index contributed by atoms with van der Waals surface area (Å²) in [6.45, 7) is 3.88. The average Bonchev–Trinajstić information content (AvgIpc) is 3.79. The van der Waals surface area contributed by atoms with Crippen molar-refractivity contribution in [1.82, 2.24) is 20.3 Å². The van der Waals surface area contributed by atoms with Crippen molar-refractivity contribution in [3.63, 3.8) is 0 Å². The molecule has 0 saturated heterocycles. The van der Waals surface area contributed by atoms with Crippen LogP contribution in [0.4, 0.5) is 22.2 Å². The van der Waals surface area contributed by atoms with Crippen molar-refractivity contribution in [2.75, 3.05) is 29.3 Å². The molecule has 2 N–H and O–H groups in total. The standard InChI is InChI=1S/C32H33Cl2N7O4S/c1-4-25(42)37-21-10-9-19(18-7-5-6-8-18)13-22(21)38-31-36-15-20-16-40(29-27(33)23(44-2)14-24(45-3)28(29)34)32(43)41(30(20)39-31)17-26-35-11-12-46-26/h4-7,11-12,14-15,19,21-22H,1,8-10,13,16-17H2,2-3H3,(H,37,42)(H,36,38,39)/t19?,21-,22+/m1/s1. The zero-order valence-corrected chi connectivity index (χ0v) is 27.7. The van der Waals surface area contributed by atoms with Crippen LogP contribution in [0, 0.1) is 5.92 Å². The summed E-state index contributed by atoms with van der Waals surface area (Å²) in [6.07, 6.45) is 14.6. The van der Waals surface area contributed by atoms with E-state index in [1.165, 1.54) is 42.1 Å². The Morgan fingerprint density at radius 2 is 1.96 bits per heavy atom. The van der Waals surface area contributed by atoms with Gasteiger partial charge < -0.3 is 20.1 Å². The van der Waals surface area contributed by atoms with Crippen LogP contribution in [-0.2, 0) is 17.9 Å². The number of fused-ring (bicyclic) bond motifs is 1. The lowest BCUT2D eigenvalue weighted by molar-refractivity contribution is -0.117. The Labute approximate surface area is 280 Å². The van der Waals surface area contributed by atoms with Gasteiger partial charge in [-0.05, 0) is 37.7 Å². The molecular weight excluding hydrogens is 649 g/mol. The first-order valence-corrected chi connectivity index (χ1v) is 16.4. The highest BCUT2D eigenvalue weighted by Crippen LogP contribution is 2.48. The number of halogens is 2. The van der Waals surface area contributed by atoms with E-state index in [1.54, 1.807) is 23.4 Å². The third kappa shape index (κ3) is 6.29. The van der Waals surface area contributed by atoms with Crippen LogP contribution in [0.3, 0.4) is 0 Å². The Hall–Kier alpha value is -4.13. The average molecular weight is 683 g/mol. The molecule has 3 aromatic rings. The van der Waals surface area contributed by atoms with Gasteiger partial charge in [0.1, 0.15) is 32.4 Å². The van der Waals surface area contributed by atoms with Crippen molar-refractivity contribution in [2.24, 2.45) is 5.92 Å². The van der Waals surface area contributed by atoms with Gasteiger partial charge in [0.2, 0.25) is 11.9 Å². The molecule has 0 radical (unpaired) electrons. The third-order valence-electron chi connectivity index (χ3n) is 8.49. The number of nitrogens with one attached hydrogen (secondary N) is 2. The molecule has 1 fully saturated rings. The predicted molar refractivity (Wildman–Crippen MR) is 180 cm³/mol. The summed E-state index contributed by atoms with van der Waals surface area (Å²) in [7, 11) is 2.96. The molecule has 0 bridgehead atoms. The largest absolute Gasteiger partial charge is 0.495 e. The minimum atomic E-state index is -0.402. The second-order valence-electron chi connectivity index (χ2n) is 11.1. The fourth-order valence-electron chi connectivity index (χ4n) is 6.19. The summed E-state index contributed by atoms with van der Waals surface area (Å²) >= 11 is 14.9. The fraction of sp³-hybridized carbons (Fsp3) is 0.344. The second kappa shape index (κ2) is 13.7. The van der Waals surface area contributed by atoms with Crippen LogP contribution in [0.5, 0.6) is 11.5 Å². The molecule has 3 aliphatic rings. The summed E-state index contributed by atoms with van der Waals surface area (Å²) < 4.78 is 10.9. The smallest absolute Gasteiger partial charge is 0.330 e. The van der Waals surface area contributed by atoms with Crippen molar-refractivity contribution in [2.45, 2.75) is 50.9 Å². The first-order chi connectivity index (χ1) is 22.3. The molecule has 1 aliphatic heterocycles. The molecule has 240 valence electrons. The highest BCUT2D eigenvalue weighted by Gasteiger charge is 2.38. The number of hydrogen-bond acceptors (Lipinski definition) is 9. The van der Waals surface area contributed by atoms with E-state index >= 15 is 0 Å². The van der Waals surface area contributed by atoms with Gasteiger partial charge >= 0.3 is 6.03 Å². The Bertz CT molecular complexity index is 1690. The van der Waals surface area contributed by atoms with Gasteiger partial charge in [0.05, 0.1) is 33.0 Å². The molecule has 46 heavy (non-hydrogen) atoms. The minimum Gasteiger partial charge on any atom is -0.495 e. The summed E-state index contributed by atoms with van der Waals surface area (Å²) in [6, 6.07) is 0.881. The normalized spacial score (nSPS) is 20.7. The van der Waals surface area contributed by atoms with Gasteiger partial charge in [0.25, 0.3) is 0 Å². The second-order valence-corrected chi connectivity index (χ2v) is 12.9. The van der Waals surface area contributed by atoms with Gasteiger partial charge in [-0.2, -0.15) is 4.98 Å². The van der Waals surface area contributed by atoms with Crippen LogP contribution in [0.1, 0.15) is 36.3 Å². The van der Waals surface area contributed by atoms with E-state index in [0.717, 1.165) is 30.7 Å². The number of carbonyl (C=O) groups excluding carboxylic acids is 2. The lowest BCUT2D eigenvalue weighted by Gasteiger charge is -2.38. The Morgan fingerprint density at radius 1 is 1.17 bits per heavy atom. The summed E-state index contributed by atoms with van der Waals surface area (Å²) in [5.41, 5.74) is 2.32. The number of anilines is 3. The molecule has 14 heteroatoms. The van der Waals surface area contributed by atoms with Crippen molar-refractivity contribution >= 4 is 63.9 Å². The molecule has 2 aromatic heterocycles. The van der Waals surface area contributed by atoms with Crippen LogP contribution in [-0.4, -0.2) is 53.2 Å². The van der Waals surface area contributed by atoms with E-state index < -0.39 is 6.03 Å². The van der Waals surface area contributed by atoms with Gasteiger partial charge in [0.15, 0.2) is 0 Å². The van der Waals surface area contributed by atoms with E-state index in [0.29, 0.717) is 34.7 Å². The molecule has 3 heterocycles. The molecule has 1 unspecified atom stereocenters. The number of urea groups is 1. The van der Waals surface area contributed by atoms with Gasteiger partial charge in [-0.25, -0.2) is 14.8 Å². The Kier molecular flexibility index (Phi) is 9.48. The molecule has 2 aliphatic carbocycles. The number of ether oxygens (including phenoxy) is 2. The number of allylic oxidation sites excluding steroid dienone is 4. The maximum atomic E-state index is 14.3. The molecule has 1 aromatic carbocycles. The first-order valence-electron chi connectivity index (χ1n) is 14.8. The van der Waals surface area contributed by atoms with Crippen molar-refractivity contribution in [3.05, 3.63) is 80.9 Å². The highest BCUT2D eigenvalue weighted by atomic mass is 35.5. The summed E-state index contributed by atoms with van der Waals surface area (Å²) in [4.78, 5) is 43.6. The number of benzene rings is 1. The van der Waals surface area contributed by atoms with Gasteiger partial charge in [-0.15, -0.1) is 11.3 Å². The van der Waals surface area contributed by atoms with Crippen LogP contribution in [0.25, 0.3) is 0 Å². The quantitative estimate of drug-likeness (QED) is 0.231. The molecule has 6 rings (SSSR count). The van der Waals surface area contributed by atoms with Crippen LogP contribution in [0.15, 0.2) is 60.3 Å². The van der Waals surface area contributed by atoms with E-state index in [2.05, 4.69) is 45.4 Å². The molecule has 1 saturated carbocycles. The summed E-state index contributed by atoms with van der Waals surface area (Å²) in [5, 5.41) is 9.48. The number of thiazole rings is 1. The monoisotopic (exact) mass is 681 g/mol. The van der Waals surface area contributed by atoms with Gasteiger partial charge in [-0.1, -0.05) is 53.6 Å². The number of rotatable bonds is 10. The van der Waals surface area contributed by atoms with E-state index in [4.69, 9.17) is 37.7 Å². The van der Waals surface area contributed by atoms with Crippen LogP contribution >= 0.6 is 34.5 Å². The first kappa shape index (κ1) is 31.8. The number of nitrogens with zero attached hydrogens (tertiary/aromatic N) is 5. The maximum Gasteiger partial charge on any atom is 0.330 e. The van der Waals surface area contributed by atoms with Crippen LogP contribution in [0.2, 0.25) is 10.0 Å². The number of methoxy groups -OCH3 is 2. The van der Waals surface area contributed by atoms with E-state index in [1.807, 2.05) is 5.38 Å². The lowest BCUT2D eigenvalue weighted by atomic mass is 9.78. The number of hydrogen-bond donors (Lipinski definition) is 2. The number of carbonyl (C=O) groups is 2. The zero-order chi connectivity index (χ0) is 32.4. The molecular formula is C32H33Cl2N7O4S. The number of aromatic nitrogens is 3. The third-order valence-corrected chi connectivity index (χ3v) is 9.98. The number of amides is 3. The van der Waals surface area contributed by atoms with Crippen molar-refractivity contribution in [1.29, 1.82) is 0 Å². The fourth-order valence-corrected chi connectivity index (χ4v) is 7.50. The molecule has 3 atom stereocenters. The maximum absolute atomic E-state index is 14.3. The lowest BCUT2D eigenvalue weighted by Crippen LogP contribution is -2.50. The van der Waals surface area contributed by atoms with Crippen molar-refractivity contribution < 1.29 is 19.1 Å². The Morgan fingerprint density at radius 3 is 2.61 bits per heavy atom. The highest BCUT2D eigenvalue weighted by molar-refractivity contribution is 7.09. The van der Waals surface area contributed by atoms with Gasteiger partial charge in [0, 0.05) is 41.5 Å². The van der Waals surface area contributed by atoms with E-state index in [-0.39, 0.29) is 46.8 Å². The zero-order valence-electron chi connectivity index (χ0n) is 25.3. The van der Waals surface area contributed by atoms with Gasteiger partial charge in [-0.3, -0.25) is 14.6 Å².